The van der Waals surface area contributed by atoms with Crippen LogP contribution in [0.1, 0.15) is 55.9 Å². The highest BCUT2D eigenvalue weighted by molar-refractivity contribution is 5.94. The van der Waals surface area contributed by atoms with Crippen molar-refractivity contribution in [3.63, 3.8) is 0 Å². The average molecular weight is 475 g/mol. The lowest BCUT2D eigenvalue weighted by molar-refractivity contribution is -0.144. The van der Waals surface area contributed by atoms with Crippen molar-refractivity contribution < 1.29 is 22.9 Å². The Morgan fingerprint density at radius 3 is 2.56 bits per heavy atom. The number of hydrogen-bond acceptors (Lipinski definition) is 5. The first-order valence-electron chi connectivity index (χ1n) is 11.9. The molecule has 34 heavy (non-hydrogen) atoms. The van der Waals surface area contributed by atoms with Crippen LogP contribution in [0.25, 0.3) is 11.3 Å². The molecule has 1 aliphatic carbocycles. The van der Waals surface area contributed by atoms with E-state index in [-0.39, 0.29) is 22.9 Å². The minimum Gasteiger partial charge on any atom is -0.355 e. The van der Waals surface area contributed by atoms with E-state index in [4.69, 9.17) is 4.52 Å². The van der Waals surface area contributed by atoms with E-state index in [1.54, 1.807) is 19.0 Å². The number of rotatable bonds is 5. The molecule has 0 bridgehead atoms. The number of hydrogen-bond donors (Lipinski definition) is 1. The summed E-state index contributed by atoms with van der Waals surface area (Å²) < 4.78 is 32.5. The largest absolute Gasteiger partial charge is 0.355 e. The number of likely N-dealkylation sites (tertiary alicyclic amines) is 1. The number of nitrogens with one attached hydrogen (secondary N) is 1. The van der Waals surface area contributed by atoms with Gasteiger partial charge in [-0.05, 0) is 38.3 Å². The van der Waals surface area contributed by atoms with Gasteiger partial charge in [0.2, 0.25) is 5.91 Å². The molecular formula is C25H32F2N4O3. The molecule has 0 spiro atoms. The van der Waals surface area contributed by atoms with Gasteiger partial charge in [0.1, 0.15) is 11.6 Å². The molecule has 1 aromatic heterocycles. The van der Waals surface area contributed by atoms with Crippen LogP contribution in [-0.4, -0.2) is 66.0 Å². The van der Waals surface area contributed by atoms with E-state index in [1.807, 2.05) is 6.92 Å². The first-order chi connectivity index (χ1) is 16.2. The van der Waals surface area contributed by atoms with E-state index in [2.05, 4.69) is 15.4 Å². The Balaban J connectivity index is 1.51. The first kappa shape index (κ1) is 24.3. The summed E-state index contributed by atoms with van der Waals surface area (Å²) in [6.45, 7) is 3.29. The minimum atomic E-state index is -0.803. The van der Waals surface area contributed by atoms with E-state index in [0.29, 0.717) is 19.0 Å². The Hall–Kier alpha value is -2.81. The van der Waals surface area contributed by atoms with Crippen LogP contribution in [0, 0.1) is 17.0 Å². The molecule has 7 nitrogen and oxygen atoms in total. The van der Waals surface area contributed by atoms with Crippen molar-refractivity contribution in [2.45, 2.75) is 57.5 Å². The second kappa shape index (κ2) is 9.82. The molecule has 9 heteroatoms. The Morgan fingerprint density at radius 1 is 1.15 bits per heavy atom. The monoisotopic (exact) mass is 474 g/mol. The van der Waals surface area contributed by atoms with Crippen molar-refractivity contribution in [1.29, 1.82) is 0 Å². The highest BCUT2D eigenvalue weighted by Gasteiger charge is 2.48. The number of aromatic nitrogens is 1. The lowest BCUT2D eigenvalue weighted by Crippen LogP contribution is -2.63. The van der Waals surface area contributed by atoms with Gasteiger partial charge in [-0.15, -0.1) is 0 Å². The zero-order valence-electron chi connectivity index (χ0n) is 19.9. The van der Waals surface area contributed by atoms with Gasteiger partial charge < -0.3 is 14.7 Å². The zero-order valence-corrected chi connectivity index (χ0v) is 19.9. The van der Waals surface area contributed by atoms with Crippen LogP contribution in [-0.2, 0) is 4.79 Å². The van der Waals surface area contributed by atoms with Crippen molar-refractivity contribution in [3.05, 3.63) is 41.6 Å². The average Bonchev–Trinajstić information content (AvgIpc) is 3.30. The highest BCUT2D eigenvalue weighted by Crippen LogP contribution is 2.36. The molecule has 2 heterocycles. The van der Waals surface area contributed by atoms with Crippen molar-refractivity contribution >= 4 is 11.8 Å². The normalized spacial score (nSPS) is 24.1. The summed E-state index contributed by atoms with van der Waals surface area (Å²) in [6, 6.07) is 4.50. The van der Waals surface area contributed by atoms with Crippen LogP contribution >= 0.6 is 0 Å². The Morgan fingerprint density at radius 2 is 1.88 bits per heavy atom. The van der Waals surface area contributed by atoms with E-state index in [1.165, 1.54) is 31.4 Å². The molecule has 1 aromatic carbocycles. The summed E-state index contributed by atoms with van der Waals surface area (Å²) in [4.78, 5) is 30.3. The molecule has 0 radical (unpaired) electrons. The van der Waals surface area contributed by atoms with Crippen LogP contribution < -0.4 is 5.32 Å². The second-order valence-corrected chi connectivity index (χ2v) is 9.89. The van der Waals surface area contributed by atoms with Crippen molar-refractivity contribution in [2.75, 3.05) is 27.2 Å². The molecule has 0 unspecified atom stereocenters. The molecule has 1 aliphatic heterocycles. The third-order valence-corrected chi connectivity index (χ3v) is 7.24. The predicted molar refractivity (Wildman–Crippen MR) is 123 cm³/mol. The Bertz CT molecular complexity index is 1050. The number of amides is 2. The van der Waals surface area contributed by atoms with Crippen LogP contribution in [0.15, 0.2) is 28.8 Å². The number of halogens is 2. The SMILES string of the molecule is CN(C)C(=O)[C@]1(C)CN(C2CCCCC2)CC[C@H]1NC(=O)c1cc(-c2ccc(F)cc2F)on1. The minimum absolute atomic E-state index is 0.0152. The number of carbonyl (C=O) groups is 2. The summed E-state index contributed by atoms with van der Waals surface area (Å²) >= 11 is 0. The van der Waals surface area contributed by atoms with Crippen LogP contribution in [0.2, 0.25) is 0 Å². The second-order valence-electron chi connectivity index (χ2n) is 9.89. The van der Waals surface area contributed by atoms with Gasteiger partial charge in [0.25, 0.3) is 5.91 Å². The van der Waals surface area contributed by atoms with Gasteiger partial charge in [0.15, 0.2) is 11.5 Å². The molecule has 1 saturated heterocycles. The van der Waals surface area contributed by atoms with Gasteiger partial charge in [0.05, 0.1) is 11.0 Å². The Labute approximate surface area is 198 Å². The van der Waals surface area contributed by atoms with Gasteiger partial charge in [-0.3, -0.25) is 14.5 Å². The lowest BCUT2D eigenvalue weighted by atomic mass is 9.74. The van der Waals surface area contributed by atoms with Crippen molar-refractivity contribution in [1.82, 2.24) is 20.3 Å². The summed E-state index contributed by atoms with van der Waals surface area (Å²) in [5.41, 5.74) is -0.806. The van der Waals surface area contributed by atoms with E-state index < -0.39 is 29.0 Å². The smallest absolute Gasteiger partial charge is 0.273 e. The molecule has 4 rings (SSSR count). The van der Waals surface area contributed by atoms with Crippen molar-refractivity contribution in [2.24, 2.45) is 5.41 Å². The molecule has 2 aromatic rings. The van der Waals surface area contributed by atoms with Gasteiger partial charge in [-0.25, -0.2) is 8.78 Å². The molecule has 2 aliphatic rings. The lowest BCUT2D eigenvalue weighted by Gasteiger charge is -2.49. The third-order valence-electron chi connectivity index (χ3n) is 7.24. The maximum absolute atomic E-state index is 14.1. The fraction of sp³-hybridized carbons (Fsp3) is 0.560. The highest BCUT2D eigenvalue weighted by atomic mass is 19.1. The summed E-state index contributed by atoms with van der Waals surface area (Å²) in [5.74, 6) is -2.01. The molecule has 2 amide bonds. The quantitative estimate of drug-likeness (QED) is 0.712. The van der Waals surface area contributed by atoms with Crippen LogP contribution in [0.5, 0.6) is 0 Å². The number of nitrogens with zero attached hydrogens (tertiary/aromatic N) is 3. The van der Waals surface area contributed by atoms with Gasteiger partial charge in [-0.1, -0.05) is 24.4 Å². The first-order valence-corrected chi connectivity index (χ1v) is 11.9. The molecule has 2 fully saturated rings. The third kappa shape index (κ3) is 4.85. The number of piperidine rings is 1. The predicted octanol–water partition coefficient (Wildman–Crippen LogP) is 3.85. The van der Waals surface area contributed by atoms with Gasteiger partial charge in [-0.2, -0.15) is 0 Å². The maximum atomic E-state index is 14.1. The summed E-state index contributed by atoms with van der Waals surface area (Å²) in [5, 5.41) is 6.77. The van der Waals surface area contributed by atoms with E-state index in [0.717, 1.165) is 31.5 Å². The zero-order chi connectivity index (χ0) is 24.5. The fourth-order valence-electron chi connectivity index (χ4n) is 5.37. The summed E-state index contributed by atoms with van der Waals surface area (Å²) in [6.07, 6.45) is 6.61. The van der Waals surface area contributed by atoms with Crippen LogP contribution in [0.3, 0.4) is 0 Å². The van der Waals surface area contributed by atoms with E-state index >= 15 is 0 Å². The molecule has 1 saturated carbocycles. The van der Waals surface area contributed by atoms with Crippen molar-refractivity contribution in [3.8, 4) is 11.3 Å². The molecule has 184 valence electrons. The number of carbonyl (C=O) groups excluding carboxylic acids is 2. The van der Waals surface area contributed by atoms with Crippen LogP contribution in [0.4, 0.5) is 8.78 Å². The van der Waals surface area contributed by atoms with E-state index in [9.17, 15) is 18.4 Å². The fourth-order valence-corrected chi connectivity index (χ4v) is 5.37. The molecule has 1 N–H and O–H groups in total. The maximum Gasteiger partial charge on any atom is 0.273 e. The Kier molecular flexibility index (Phi) is 7.02. The topological polar surface area (TPSA) is 78.7 Å². The molecular weight excluding hydrogens is 442 g/mol. The van der Waals surface area contributed by atoms with Gasteiger partial charge in [0, 0.05) is 51.4 Å². The molecule has 2 atom stereocenters. The van der Waals surface area contributed by atoms with Gasteiger partial charge >= 0.3 is 0 Å². The number of benzene rings is 1. The summed E-state index contributed by atoms with van der Waals surface area (Å²) in [7, 11) is 3.46. The standard InChI is InChI=1S/C25H32F2N4O3/c1-25(24(33)30(2)3)15-31(17-7-5-4-6-8-17)12-11-22(25)28-23(32)20-14-21(34-29-20)18-10-9-16(26)13-19(18)27/h9-10,13-14,17,22H,4-8,11-12,15H2,1-3H3,(H,28,32)/t22-,25-/m1/s1.